The van der Waals surface area contributed by atoms with Gasteiger partial charge >= 0.3 is 6.09 Å². The molecule has 1 fully saturated rings. The highest BCUT2D eigenvalue weighted by Gasteiger charge is 2.40. The zero-order valence-corrected chi connectivity index (χ0v) is 11.4. The molecule has 3 unspecified atom stereocenters. The van der Waals surface area contributed by atoms with Gasteiger partial charge in [0.15, 0.2) is 0 Å². The smallest absolute Gasteiger partial charge is 0.405 e. The van der Waals surface area contributed by atoms with Gasteiger partial charge < -0.3 is 10.4 Å². The van der Waals surface area contributed by atoms with E-state index in [-0.39, 0.29) is 18.1 Å². The van der Waals surface area contributed by atoms with Crippen molar-refractivity contribution in [3.63, 3.8) is 0 Å². The van der Waals surface area contributed by atoms with E-state index in [4.69, 9.17) is 9.94 Å². The van der Waals surface area contributed by atoms with Gasteiger partial charge in [-0.25, -0.2) is 9.86 Å². The van der Waals surface area contributed by atoms with Crippen LogP contribution in [0.25, 0.3) is 0 Å². The average Bonchev–Trinajstić information content (AvgIpc) is 2.66. The Morgan fingerprint density at radius 2 is 2.10 bits per heavy atom. The first-order valence-corrected chi connectivity index (χ1v) is 6.53. The van der Waals surface area contributed by atoms with Crippen molar-refractivity contribution in [1.29, 1.82) is 0 Å². The predicted octanol–water partition coefficient (Wildman–Crippen LogP) is 1.94. The number of carbonyl (C=O) groups is 2. The Labute approximate surface area is 117 Å². The molecule has 2 N–H and O–H groups in total. The molecule has 1 aliphatic rings. The standard InChI is InChI=1S/C14H18N2O4/c1-9-8-12(15-14(18)19)13(17)16(9)20-10(2)11-6-4-3-5-7-11/h3-7,9-10,12,15H,8H2,1-2H3,(H,18,19). The molecular weight excluding hydrogens is 260 g/mol. The van der Waals surface area contributed by atoms with Crippen LogP contribution in [-0.2, 0) is 9.63 Å². The lowest BCUT2D eigenvalue weighted by Gasteiger charge is -2.25. The van der Waals surface area contributed by atoms with Crippen molar-refractivity contribution in [3.8, 4) is 0 Å². The van der Waals surface area contributed by atoms with Crippen molar-refractivity contribution < 1.29 is 19.5 Å². The molecule has 2 amide bonds. The molecule has 1 heterocycles. The highest BCUT2D eigenvalue weighted by atomic mass is 16.7. The lowest BCUT2D eigenvalue weighted by atomic mass is 10.1. The maximum atomic E-state index is 12.1. The molecule has 6 heteroatoms. The monoisotopic (exact) mass is 278 g/mol. The lowest BCUT2D eigenvalue weighted by molar-refractivity contribution is -0.208. The molecular formula is C14H18N2O4. The van der Waals surface area contributed by atoms with Crippen LogP contribution in [0, 0.1) is 0 Å². The molecule has 20 heavy (non-hydrogen) atoms. The summed E-state index contributed by atoms with van der Waals surface area (Å²) in [5.41, 5.74) is 0.960. The summed E-state index contributed by atoms with van der Waals surface area (Å²) < 4.78 is 0. The van der Waals surface area contributed by atoms with Crippen LogP contribution in [-0.4, -0.2) is 34.3 Å². The van der Waals surface area contributed by atoms with Crippen LogP contribution in [0.2, 0.25) is 0 Å². The van der Waals surface area contributed by atoms with Gasteiger partial charge in [-0.3, -0.25) is 9.63 Å². The van der Waals surface area contributed by atoms with Crippen LogP contribution >= 0.6 is 0 Å². The molecule has 0 bridgehead atoms. The molecule has 1 aliphatic heterocycles. The SMILES string of the molecule is CC(ON1C(=O)C(NC(=O)O)CC1C)c1ccccc1. The number of carbonyl (C=O) groups excluding carboxylic acids is 1. The molecule has 108 valence electrons. The fourth-order valence-electron chi connectivity index (χ4n) is 2.29. The van der Waals surface area contributed by atoms with Gasteiger partial charge in [-0.2, -0.15) is 0 Å². The first kappa shape index (κ1) is 14.3. The predicted molar refractivity (Wildman–Crippen MR) is 71.8 cm³/mol. The van der Waals surface area contributed by atoms with E-state index < -0.39 is 12.1 Å². The van der Waals surface area contributed by atoms with Crippen LogP contribution in [0.4, 0.5) is 4.79 Å². The van der Waals surface area contributed by atoms with E-state index in [0.717, 1.165) is 5.56 Å². The molecule has 0 radical (unpaired) electrons. The topological polar surface area (TPSA) is 78.9 Å². The molecule has 6 nitrogen and oxygen atoms in total. The lowest BCUT2D eigenvalue weighted by Crippen LogP contribution is -2.41. The highest BCUT2D eigenvalue weighted by Crippen LogP contribution is 2.25. The van der Waals surface area contributed by atoms with Crippen molar-refractivity contribution in [2.45, 2.75) is 38.5 Å². The summed E-state index contributed by atoms with van der Waals surface area (Å²) >= 11 is 0. The quantitative estimate of drug-likeness (QED) is 0.882. The maximum Gasteiger partial charge on any atom is 0.405 e. The third-order valence-corrected chi connectivity index (χ3v) is 3.33. The summed E-state index contributed by atoms with van der Waals surface area (Å²) in [7, 11) is 0. The van der Waals surface area contributed by atoms with E-state index in [2.05, 4.69) is 5.32 Å². The van der Waals surface area contributed by atoms with E-state index in [1.54, 1.807) is 0 Å². The Hall–Kier alpha value is -2.08. The van der Waals surface area contributed by atoms with Crippen molar-refractivity contribution in [2.24, 2.45) is 0 Å². The van der Waals surface area contributed by atoms with Crippen LogP contribution in [0.1, 0.15) is 31.9 Å². The number of carboxylic acid groups (broad SMARTS) is 1. The number of amides is 2. The van der Waals surface area contributed by atoms with Crippen LogP contribution in [0.15, 0.2) is 30.3 Å². The van der Waals surface area contributed by atoms with E-state index in [1.165, 1.54) is 5.06 Å². The first-order chi connectivity index (χ1) is 9.49. The molecule has 1 saturated heterocycles. The molecule has 0 aromatic heterocycles. The van der Waals surface area contributed by atoms with Gasteiger partial charge in [-0.05, 0) is 25.8 Å². The van der Waals surface area contributed by atoms with Gasteiger partial charge in [0.05, 0.1) is 6.04 Å². The van der Waals surface area contributed by atoms with Crippen LogP contribution in [0.3, 0.4) is 0 Å². The van der Waals surface area contributed by atoms with Crippen LogP contribution < -0.4 is 5.32 Å². The Bertz CT molecular complexity index is 491. The van der Waals surface area contributed by atoms with Crippen molar-refractivity contribution in [3.05, 3.63) is 35.9 Å². The van der Waals surface area contributed by atoms with E-state index in [0.29, 0.717) is 6.42 Å². The Kier molecular flexibility index (Phi) is 4.24. The average molecular weight is 278 g/mol. The van der Waals surface area contributed by atoms with Gasteiger partial charge in [0.2, 0.25) is 0 Å². The Morgan fingerprint density at radius 3 is 2.70 bits per heavy atom. The molecule has 2 rings (SSSR count). The number of nitrogens with one attached hydrogen (secondary N) is 1. The Morgan fingerprint density at radius 1 is 1.45 bits per heavy atom. The second-order valence-corrected chi connectivity index (χ2v) is 4.91. The van der Waals surface area contributed by atoms with Gasteiger partial charge in [-0.15, -0.1) is 0 Å². The van der Waals surface area contributed by atoms with Gasteiger partial charge in [-0.1, -0.05) is 30.3 Å². The number of hydroxylamine groups is 2. The van der Waals surface area contributed by atoms with Gasteiger partial charge in [0.1, 0.15) is 12.1 Å². The summed E-state index contributed by atoms with van der Waals surface area (Å²) in [4.78, 5) is 28.4. The van der Waals surface area contributed by atoms with Crippen molar-refractivity contribution >= 4 is 12.0 Å². The molecule has 0 saturated carbocycles. The third-order valence-electron chi connectivity index (χ3n) is 3.33. The second kappa shape index (κ2) is 5.92. The minimum atomic E-state index is -1.20. The number of nitrogens with zero attached hydrogens (tertiary/aromatic N) is 1. The number of hydrogen-bond acceptors (Lipinski definition) is 3. The van der Waals surface area contributed by atoms with E-state index in [9.17, 15) is 9.59 Å². The molecule has 0 spiro atoms. The number of benzene rings is 1. The summed E-state index contributed by atoms with van der Waals surface area (Å²) in [5.74, 6) is -0.345. The van der Waals surface area contributed by atoms with E-state index in [1.807, 2.05) is 44.2 Å². The normalized spacial score (nSPS) is 23.7. The number of rotatable bonds is 4. The van der Waals surface area contributed by atoms with Gasteiger partial charge in [0, 0.05) is 0 Å². The largest absolute Gasteiger partial charge is 0.465 e. The maximum absolute atomic E-state index is 12.1. The fraction of sp³-hybridized carbons (Fsp3) is 0.429. The summed E-state index contributed by atoms with van der Waals surface area (Å²) in [6, 6.07) is 8.66. The fourth-order valence-corrected chi connectivity index (χ4v) is 2.29. The first-order valence-electron chi connectivity index (χ1n) is 6.53. The molecule has 0 aliphatic carbocycles. The zero-order valence-electron chi connectivity index (χ0n) is 11.4. The van der Waals surface area contributed by atoms with Gasteiger partial charge in [0.25, 0.3) is 5.91 Å². The van der Waals surface area contributed by atoms with Crippen molar-refractivity contribution in [2.75, 3.05) is 0 Å². The second-order valence-electron chi connectivity index (χ2n) is 4.91. The summed E-state index contributed by atoms with van der Waals surface area (Å²) in [6.07, 6.45) is -1.06. The summed E-state index contributed by atoms with van der Waals surface area (Å²) in [5, 5.41) is 12.2. The highest BCUT2D eigenvalue weighted by molar-refractivity contribution is 5.86. The zero-order chi connectivity index (χ0) is 14.7. The summed E-state index contributed by atoms with van der Waals surface area (Å²) in [6.45, 7) is 3.69. The van der Waals surface area contributed by atoms with Crippen molar-refractivity contribution in [1.82, 2.24) is 10.4 Å². The molecule has 1 aromatic carbocycles. The minimum absolute atomic E-state index is 0.162. The van der Waals surface area contributed by atoms with E-state index >= 15 is 0 Å². The minimum Gasteiger partial charge on any atom is -0.465 e. The number of hydrogen-bond donors (Lipinski definition) is 2. The van der Waals surface area contributed by atoms with Crippen LogP contribution in [0.5, 0.6) is 0 Å². The Balaban J connectivity index is 2.02. The molecule has 3 atom stereocenters. The molecule has 1 aromatic rings. The third kappa shape index (κ3) is 3.08.